The number of hydrogen-bond donors (Lipinski definition) is 1. The molecule has 0 saturated carbocycles. The lowest BCUT2D eigenvalue weighted by atomic mass is 9.83. The van der Waals surface area contributed by atoms with E-state index in [1.807, 2.05) is 25.1 Å². The number of pyridine rings is 1. The topological polar surface area (TPSA) is 36.4 Å². The molecule has 6 heteroatoms. The molecule has 1 aliphatic rings. The molecule has 1 aromatic heterocycles. The van der Waals surface area contributed by atoms with Gasteiger partial charge in [0.1, 0.15) is 0 Å². The predicted molar refractivity (Wildman–Crippen MR) is 88.8 cm³/mol. The number of aromatic nitrogens is 1. The fourth-order valence-electron chi connectivity index (χ4n) is 3.27. The molecular formula is C19H21F3N2O. The second kappa shape index (κ2) is 6.77. The van der Waals surface area contributed by atoms with Gasteiger partial charge in [-0.3, -0.25) is 9.88 Å². The smallest absolute Gasteiger partial charge is 0.385 e. The van der Waals surface area contributed by atoms with Gasteiger partial charge in [-0.05, 0) is 49.6 Å². The molecule has 1 aliphatic heterocycles. The third-order valence-electron chi connectivity index (χ3n) is 4.74. The van der Waals surface area contributed by atoms with Crippen molar-refractivity contribution in [1.29, 1.82) is 0 Å². The fourth-order valence-corrected chi connectivity index (χ4v) is 3.27. The number of aliphatic hydroxyl groups is 1. The Morgan fingerprint density at radius 2 is 1.80 bits per heavy atom. The lowest BCUT2D eigenvalue weighted by molar-refractivity contribution is -0.137. The number of nitrogens with zero attached hydrogens (tertiary/aromatic N) is 2. The summed E-state index contributed by atoms with van der Waals surface area (Å²) in [6.07, 6.45) is -3.59. The van der Waals surface area contributed by atoms with Crippen molar-refractivity contribution in [2.75, 3.05) is 13.1 Å². The van der Waals surface area contributed by atoms with E-state index in [1.54, 1.807) is 6.07 Å². The summed E-state index contributed by atoms with van der Waals surface area (Å²) in [5.74, 6) is 0. The van der Waals surface area contributed by atoms with Crippen LogP contribution in [-0.2, 0) is 18.3 Å². The first kappa shape index (κ1) is 17.9. The van der Waals surface area contributed by atoms with Gasteiger partial charge in [0.15, 0.2) is 0 Å². The van der Waals surface area contributed by atoms with E-state index in [0.29, 0.717) is 38.0 Å². The molecule has 1 aromatic carbocycles. The number of hydrogen-bond acceptors (Lipinski definition) is 3. The molecule has 3 nitrogen and oxygen atoms in total. The van der Waals surface area contributed by atoms with Gasteiger partial charge in [0.2, 0.25) is 0 Å². The first-order valence-electron chi connectivity index (χ1n) is 8.31. The number of rotatable bonds is 3. The van der Waals surface area contributed by atoms with E-state index in [-0.39, 0.29) is 0 Å². The van der Waals surface area contributed by atoms with Crippen LogP contribution in [0.25, 0.3) is 0 Å². The highest BCUT2D eigenvalue weighted by Gasteiger charge is 2.37. The largest absolute Gasteiger partial charge is 0.416 e. The first-order chi connectivity index (χ1) is 11.8. The van der Waals surface area contributed by atoms with Crippen LogP contribution < -0.4 is 0 Å². The van der Waals surface area contributed by atoms with Gasteiger partial charge in [-0.15, -0.1) is 0 Å². The monoisotopic (exact) mass is 350 g/mol. The summed E-state index contributed by atoms with van der Waals surface area (Å²) in [6.45, 7) is 3.84. The minimum Gasteiger partial charge on any atom is -0.385 e. The maximum atomic E-state index is 12.9. The highest BCUT2D eigenvalue weighted by Crippen LogP contribution is 2.36. The van der Waals surface area contributed by atoms with Crippen LogP contribution in [0.3, 0.4) is 0 Å². The van der Waals surface area contributed by atoms with E-state index >= 15 is 0 Å². The molecule has 0 aliphatic carbocycles. The molecule has 25 heavy (non-hydrogen) atoms. The van der Waals surface area contributed by atoms with Gasteiger partial charge in [0.05, 0.1) is 16.9 Å². The number of likely N-dealkylation sites (tertiary alicyclic amines) is 1. The zero-order chi connectivity index (χ0) is 18.1. The Labute approximate surface area is 145 Å². The summed E-state index contributed by atoms with van der Waals surface area (Å²) in [6, 6.07) is 10.9. The van der Waals surface area contributed by atoms with Crippen molar-refractivity contribution < 1.29 is 18.3 Å². The lowest BCUT2D eigenvalue weighted by Gasteiger charge is -2.38. The molecular weight excluding hydrogens is 329 g/mol. The Kier molecular flexibility index (Phi) is 4.84. The maximum Gasteiger partial charge on any atom is 0.416 e. The Bertz CT molecular complexity index is 737. The Balaban J connectivity index is 1.68. The van der Waals surface area contributed by atoms with Gasteiger partial charge in [-0.1, -0.05) is 18.2 Å². The van der Waals surface area contributed by atoms with Gasteiger partial charge in [0.25, 0.3) is 0 Å². The van der Waals surface area contributed by atoms with Crippen LogP contribution >= 0.6 is 0 Å². The minimum atomic E-state index is -4.40. The maximum absolute atomic E-state index is 12.9. The number of aryl methyl sites for hydroxylation is 1. The molecule has 1 N–H and O–H groups in total. The van der Waals surface area contributed by atoms with Crippen molar-refractivity contribution >= 4 is 0 Å². The van der Waals surface area contributed by atoms with Gasteiger partial charge < -0.3 is 5.11 Å². The van der Waals surface area contributed by atoms with Crippen LogP contribution in [-0.4, -0.2) is 28.1 Å². The molecule has 0 radical (unpaired) electrons. The van der Waals surface area contributed by atoms with Crippen molar-refractivity contribution in [2.24, 2.45) is 0 Å². The van der Waals surface area contributed by atoms with Crippen molar-refractivity contribution in [3.63, 3.8) is 0 Å². The second-order valence-corrected chi connectivity index (χ2v) is 6.66. The molecule has 0 unspecified atom stereocenters. The first-order valence-corrected chi connectivity index (χ1v) is 8.31. The Morgan fingerprint density at radius 3 is 2.44 bits per heavy atom. The van der Waals surface area contributed by atoms with E-state index in [2.05, 4.69) is 9.88 Å². The molecule has 0 atom stereocenters. The zero-order valence-corrected chi connectivity index (χ0v) is 14.1. The average Bonchev–Trinajstić information content (AvgIpc) is 2.57. The Morgan fingerprint density at radius 1 is 1.12 bits per heavy atom. The third kappa shape index (κ3) is 4.19. The molecule has 2 aromatic rings. The van der Waals surface area contributed by atoms with E-state index < -0.39 is 17.3 Å². The Hall–Kier alpha value is -1.92. The van der Waals surface area contributed by atoms with Crippen LogP contribution in [0.2, 0.25) is 0 Å². The highest BCUT2D eigenvalue weighted by atomic mass is 19.4. The minimum absolute atomic E-state index is 0.343. The molecule has 1 saturated heterocycles. The SMILES string of the molecule is Cc1cccc(CN2CCC(O)(c3cccc(C(F)(F)F)c3)CC2)n1. The van der Waals surface area contributed by atoms with E-state index in [1.165, 1.54) is 6.07 Å². The van der Waals surface area contributed by atoms with Crippen molar-refractivity contribution in [3.05, 3.63) is 65.0 Å². The molecule has 0 spiro atoms. The van der Waals surface area contributed by atoms with Gasteiger partial charge >= 0.3 is 6.18 Å². The summed E-state index contributed by atoms with van der Waals surface area (Å²) >= 11 is 0. The average molecular weight is 350 g/mol. The van der Waals surface area contributed by atoms with Crippen LogP contribution in [0.5, 0.6) is 0 Å². The van der Waals surface area contributed by atoms with Crippen molar-refractivity contribution in [1.82, 2.24) is 9.88 Å². The summed E-state index contributed by atoms with van der Waals surface area (Å²) in [7, 11) is 0. The normalized spacial score (nSPS) is 18.3. The fraction of sp³-hybridized carbons (Fsp3) is 0.421. The summed E-state index contributed by atoms with van der Waals surface area (Å²) in [5, 5.41) is 10.9. The summed E-state index contributed by atoms with van der Waals surface area (Å²) < 4.78 is 38.7. The van der Waals surface area contributed by atoms with Crippen LogP contribution in [0.15, 0.2) is 42.5 Å². The molecule has 3 rings (SSSR count). The highest BCUT2D eigenvalue weighted by molar-refractivity contribution is 5.30. The van der Waals surface area contributed by atoms with Crippen molar-refractivity contribution in [2.45, 2.75) is 38.1 Å². The van der Waals surface area contributed by atoms with Crippen LogP contribution in [0.1, 0.15) is 35.4 Å². The van der Waals surface area contributed by atoms with Crippen LogP contribution in [0.4, 0.5) is 13.2 Å². The van der Waals surface area contributed by atoms with Crippen LogP contribution in [0, 0.1) is 6.92 Å². The number of benzene rings is 1. The number of piperidine rings is 1. The standard InChI is InChI=1S/C19H21F3N2O/c1-14-4-2-7-17(23-14)13-24-10-8-18(25,9-11-24)15-5-3-6-16(12-15)19(20,21)22/h2-7,12,25H,8-11,13H2,1H3. The summed E-state index contributed by atoms with van der Waals surface area (Å²) in [4.78, 5) is 6.64. The van der Waals surface area contributed by atoms with E-state index in [9.17, 15) is 18.3 Å². The summed E-state index contributed by atoms with van der Waals surface area (Å²) in [5.41, 5.74) is 0.331. The number of alkyl halides is 3. The van der Waals surface area contributed by atoms with Crippen molar-refractivity contribution in [3.8, 4) is 0 Å². The molecule has 1 fully saturated rings. The van der Waals surface area contributed by atoms with E-state index in [4.69, 9.17) is 0 Å². The third-order valence-corrected chi connectivity index (χ3v) is 4.74. The predicted octanol–water partition coefficient (Wildman–Crippen LogP) is 3.89. The molecule has 2 heterocycles. The van der Waals surface area contributed by atoms with Gasteiger partial charge in [-0.25, -0.2) is 0 Å². The number of halogens is 3. The van der Waals surface area contributed by atoms with Gasteiger partial charge in [-0.2, -0.15) is 13.2 Å². The lowest BCUT2D eigenvalue weighted by Crippen LogP contribution is -2.42. The second-order valence-electron chi connectivity index (χ2n) is 6.66. The molecule has 0 amide bonds. The molecule has 134 valence electrons. The van der Waals surface area contributed by atoms with Gasteiger partial charge in [0, 0.05) is 25.3 Å². The van der Waals surface area contributed by atoms with E-state index in [0.717, 1.165) is 23.5 Å². The molecule has 0 bridgehead atoms. The zero-order valence-electron chi connectivity index (χ0n) is 14.1. The quantitative estimate of drug-likeness (QED) is 0.912.